The van der Waals surface area contributed by atoms with Gasteiger partial charge < -0.3 is 4.90 Å². The van der Waals surface area contributed by atoms with Crippen molar-refractivity contribution in [3.8, 4) is 0 Å². The zero-order chi connectivity index (χ0) is 13.1. The molecule has 1 aromatic heterocycles. The molecule has 2 heterocycles. The Hall–Kier alpha value is -1.54. The molecule has 0 aliphatic carbocycles. The van der Waals surface area contributed by atoms with Crippen LogP contribution in [0.2, 0.25) is 5.15 Å². The maximum absolute atomic E-state index is 5.95. The molecule has 0 spiro atoms. The summed E-state index contributed by atoms with van der Waals surface area (Å²) in [6.07, 6.45) is 4.18. The zero-order valence-electron chi connectivity index (χ0n) is 10.8. The minimum atomic E-state index is 0.572. The molecule has 0 bridgehead atoms. The average Bonchev–Trinajstić information content (AvgIpc) is 2.48. The van der Waals surface area contributed by atoms with Crippen molar-refractivity contribution in [1.82, 2.24) is 4.98 Å². The van der Waals surface area contributed by atoms with Crippen molar-refractivity contribution >= 4 is 17.3 Å². The van der Waals surface area contributed by atoms with Gasteiger partial charge in [0.05, 0.1) is 0 Å². The molecule has 1 aliphatic heterocycles. The van der Waals surface area contributed by atoms with E-state index in [4.69, 9.17) is 11.6 Å². The van der Waals surface area contributed by atoms with E-state index in [0.29, 0.717) is 11.1 Å². The number of anilines is 1. The molecular weight excluding hydrogens is 256 g/mol. The molecule has 2 aromatic rings. The summed E-state index contributed by atoms with van der Waals surface area (Å²) in [5.74, 6) is 0.690. The zero-order valence-corrected chi connectivity index (χ0v) is 11.6. The lowest BCUT2D eigenvalue weighted by Gasteiger charge is -2.33. The van der Waals surface area contributed by atoms with Crippen molar-refractivity contribution in [3.05, 3.63) is 59.4 Å². The summed E-state index contributed by atoms with van der Waals surface area (Å²) in [6.45, 7) is 2.17. The highest BCUT2D eigenvalue weighted by Gasteiger charge is 2.20. The lowest BCUT2D eigenvalue weighted by atomic mass is 9.89. The summed E-state index contributed by atoms with van der Waals surface area (Å²) in [5.41, 5.74) is 2.65. The molecule has 98 valence electrons. The Balaban J connectivity index is 1.67. The third kappa shape index (κ3) is 2.90. The molecule has 0 saturated carbocycles. The molecule has 0 amide bonds. The van der Waals surface area contributed by atoms with E-state index in [2.05, 4.69) is 40.2 Å². The Morgan fingerprint density at radius 2 is 1.79 bits per heavy atom. The number of hydrogen-bond acceptors (Lipinski definition) is 2. The van der Waals surface area contributed by atoms with Crippen molar-refractivity contribution in [3.63, 3.8) is 0 Å². The van der Waals surface area contributed by atoms with Crippen LogP contribution in [0.5, 0.6) is 0 Å². The number of halogens is 1. The second-order valence-electron chi connectivity index (χ2n) is 5.01. The lowest BCUT2D eigenvalue weighted by Crippen LogP contribution is -2.32. The number of benzene rings is 1. The van der Waals surface area contributed by atoms with Crippen LogP contribution in [0, 0.1) is 0 Å². The molecule has 3 rings (SSSR count). The van der Waals surface area contributed by atoms with Gasteiger partial charge in [-0.3, -0.25) is 0 Å². The van der Waals surface area contributed by atoms with E-state index in [-0.39, 0.29) is 0 Å². The van der Waals surface area contributed by atoms with Crippen molar-refractivity contribution in [1.29, 1.82) is 0 Å². The first-order chi connectivity index (χ1) is 9.33. The van der Waals surface area contributed by atoms with Gasteiger partial charge in [0, 0.05) is 25.0 Å². The second-order valence-corrected chi connectivity index (χ2v) is 5.40. The van der Waals surface area contributed by atoms with E-state index in [9.17, 15) is 0 Å². The number of aromatic nitrogens is 1. The molecule has 1 saturated heterocycles. The minimum Gasteiger partial charge on any atom is -0.371 e. The quantitative estimate of drug-likeness (QED) is 0.765. The number of hydrogen-bond donors (Lipinski definition) is 0. The Morgan fingerprint density at radius 1 is 1.05 bits per heavy atom. The van der Waals surface area contributed by atoms with Crippen molar-refractivity contribution in [2.75, 3.05) is 18.0 Å². The third-order valence-corrected chi connectivity index (χ3v) is 4.05. The van der Waals surface area contributed by atoms with Crippen LogP contribution in [0.25, 0.3) is 0 Å². The standard InChI is InChI=1S/C16H17ClN2/c17-16-12-15(6-9-18-16)19-10-7-14(8-11-19)13-4-2-1-3-5-13/h1-6,9,12,14H,7-8,10-11H2. The van der Waals surface area contributed by atoms with Crippen LogP contribution in [0.15, 0.2) is 48.7 Å². The van der Waals surface area contributed by atoms with Crippen molar-refractivity contribution in [2.24, 2.45) is 0 Å². The van der Waals surface area contributed by atoms with Gasteiger partial charge in [-0.2, -0.15) is 0 Å². The third-order valence-electron chi connectivity index (χ3n) is 3.84. The SMILES string of the molecule is Clc1cc(N2CCC(c3ccccc3)CC2)ccn1. The Kier molecular flexibility index (Phi) is 3.69. The first-order valence-corrected chi connectivity index (χ1v) is 7.12. The fourth-order valence-corrected chi connectivity index (χ4v) is 2.95. The number of nitrogens with zero attached hydrogens (tertiary/aromatic N) is 2. The first-order valence-electron chi connectivity index (χ1n) is 6.74. The van der Waals surface area contributed by atoms with E-state index >= 15 is 0 Å². The van der Waals surface area contributed by atoms with Gasteiger partial charge in [-0.05, 0) is 36.5 Å². The van der Waals surface area contributed by atoms with E-state index in [1.165, 1.54) is 24.1 Å². The van der Waals surface area contributed by atoms with Gasteiger partial charge in [-0.25, -0.2) is 4.98 Å². The predicted molar refractivity (Wildman–Crippen MR) is 79.9 cm³/mol. The van der Waals surface area contributed by atoms with E-state index in [0.717, 1.165) is 13.1 Å². The molecule has 3 heteroatoms. The molecule has 0 N–H and O–H groups in total. The van der Waals surface area contributed by atoms with Gasteiger partial charge in [-0.15, -0.1) is 0 Å². The maximum atomic E-state index is 5.95. The normalized spacial score (nSPS) is 16.6. The maximum Gasteiger partial charge on any atom is 0.131 e. The van der Waals surface area contributed by atoms with E-state index in [1.807, 2.05) is 12.1 Å². The Morgan fingerprint density at radius 3 is 2.47 bits per heavy atom. The number of rotatable bonds is 2. The number of pyridine rings is 1. The molecule has 2 nitrogen and oxygen atoms in total. The fraction of sp³-hybridized carbons (Fsp3) is 0.312. The topological polar surface area (TPSA) is 16.1 Å². The van der Waals surface area contributed by atoms with Crippen LogP contribution in [-0.2, 0) is 0 Å². The minimum absolute atomic E-state index is 0.572. The van der Waals surface area contributed by atoms with Gasteiger partial charge in [0.1, 0.15) is 5.15 Å². The van der Waals surface area contributed by atoms with Crippen molar-refractivity contribution in [2.45, 2.75) is 18.8 Å². The molecule has 1 aromatic carbocycles. The van der Waals surface area contributed by atoms with Gasteiger partial charge in [0.25, 0.3) is 0 Å². The summed E-state index contributed by atoms with van der Waals surface area (Å²) in [6, 6.07) is 14.8. The van der Waals surface area contributed by atoms with Crippen LogP contribution in [0.4, 0.5) is 5.69 Å². The highest BCUT2D eigenvalue weighted by molar-refractivity contribution is 6.29. The smallest absolute Gasteiger partial charge is 0.131 e. The summed E-state index contributed by atoms with van der Waals surface area (Å²) in [4.78, 5) is 6.43. The Labute approximate surface area is 119 Å². The van der Waals surface area contributed by atoms with Gasteiger partial charge in [-0.1, -0.05) is 41.9 Å². The monoisotopic (exact) mass is 272 g/mol. The second kappa shape index (κ2) is 5.62. The summed E-state index contributed by atoms with van der Waals surface area (Å²) in [5, 5.41) is 0.572. The molecule has 0 radical (unpaired) electrons. The average molecular weight is 273 g/mol. The Bertz CT molecular complexity index is 533. The summed E-state index contributed by atoms with van der Waals surface area (Å²) in [7, 11) is 0. The van der Waals surface area contributed by atoms with Gasteiger partial charge in [0.2, 0.25) is 0 Å². The number of piperidine rings is 1. The molecule has 0 atom stereocenters. The fourth-order valence-electron chi connectivity index (χ4n) is 2.79. The van der Waals surface area contributed by atoms with E-state index < -0.39 is 0 Å². The lowest BCUT2D eigenvalue weighted by molar-refractivity contribution is 0.505. The van der Waals surface area contributed by atoms with Crippen molar-refractivity contribution < 1.29 is 0 Å². The van der Waals surface area contributed by atoms with Gasteiger partial charge >= 0.3 is 0 Å². The molecule has 1 aliphatic rings. The van der Waals surface area contributed by atoms with Crippen LogP contribution in [0.1, 0.15) is 24.3 Å². The highest BCUT2D eigenvalue weighted by Crippen LogP contribution is 2.30. The van der Waals surface area contributed by atoms with Crippen LogP contribution < -0.4 is 4.90 Å². The summed E-state index contributed by atoms with van der Waals surface area (Å²) < 4.78 is 0. The van der Waals surface area contributed by atoms with Crippen LogP contribution >= 0.6 is 11.6 Å². The van der Waals surface area contributed by atoms with Gasteiger partial charge in [0.15, 0.2) is 0 Å². The largest absolute Gasteiger partial charge is 0.371 e. The molecule has 1 fully saturated rings. The first kappa shape index (κ1) is 12.5. The van der Waals surface area contributed by atoms with Crippen LogP contribution in [0.3, 0.4) is 0 Å². The van der Waals surface area contributed by atoms with E-state index in [1.54, 1.807) is 6.20 Å². The van der Waals surface area contributed by atoms with Crippen LogP contribution in [-0.4, -0.2) is 18.1 Å². The summed E-state index contributed by atoms with van der Waals surface area (Å²) >= 11 is 5.95. The molecule has 0 unspecified atom stereocenters. The molecular formula is C16H17ClN2. The highest BCUT2D eigenvalue weighted by atomic mass is 35.5. The predicted octanol–water partition coefficient (Wildman–Crippen LogP) is 4.12. The molecule has 19 heavy (non-hydrogen) atoms.